The number of benzene rings is 1. The van der Waals surface area contributed by atoms with Crippen LogP contribution in [0, 0.1) is 0 Å². The average molecular weight is 292 g/mol. The molecule has 1 aromatic carbocycles. The van der Waals surface area contributed by atoms with Crippen LogP contribution in [0.15, 0.2) is 42.7 Å². The summed E-state index contributed by atoms with van der Waals surface area (Å²) in [6, 6.07) is 7.26. The van der Waals surface area contributed by atoms with Crippen molar-refractivity contribution in [3.63, 3.8) is 0 Å². The van der Waals surface area contributed by atoms with Gasteiger partial charge in [-0.3, -0.25) is 0 Å². The number of hydrogen-bond donors (Lipinski definition) is 0. The predicted octanol–water partition coefficient (Wildman–Crippen LogP) is 2.72. The maximum absolute atomic E-state index is 11.5. The van der Waals surface area contributed by atoms with Crippen LogP contribution in [0.2, 0.25) is 5.02 Å². The summed E-state index contributed by atoms with van der Waals surface area (Å²) in [6.07, 6.45) is 1.54. The van der Waals surface area contributed by atoms with E-state index in [1.165, 1.54) is 4.68 Å². The molecule has 0 fully saturated rings. The number of esters is 1. The van der Waals surface area contributed by atoms with Crippen molar-refractivity contribution in [1.29, 1.82) is 0 Å². The van der Waals surface area contributed by atoms with Crippen LogP contribution in [-0.2, 0) is 16.1 Å². The molecule has 20 heavy (non-hydrogen) atoms. The first-order valence-electron chi connectivity index (χ1n) is 6.10. The first-order chi connectivity index (χ1) is 9.60. The third-order valence-corrected chi connectivity index (χ3v) is 2.77. The Morgan fingerprint density at radius 3 is 3.00 bits per heavy atom. The SMILES string of the molecule is C=C(Cn1cnc(-c2cccc(Cl)c2)n1)C(=O)OCC. The summed E-state index contributed by atoms with van der Waals surface area (Å²) in [4.78, 5) is 15.7. The Hall–Kier alpha value is -2.14. The Bertz CT molecular complexity index is 637. The van der Waals surface area contributed by atoms with Crippen LogP contribution in [0.25, 0.3) is 11.4 Å². The quantitative estimate of drug-likeness (QED) is 0.628. The summed E-state index contributed by atoms with van der Waals surface area (Å²) in [5.74, 6) is 0.122. The van der Waals surface area contributed by atoms with Gasteiger partial charge in [-0.25, -0.2) is 14.5 Å². The van der Waals surface area contributed by atoms with Crippen molar-refractivity contribution in [2.24, 2.45) is 0 Å². The topological polar surface area (TPSA) is 57.0 Å². The van der Waals surface area contributed by atoms with Gasteiger partial charge >= 0.3 is 5.97 Å². The maximum Gasteiger partial charge on any atom is 0.335 e. The van der Waals surface area contributed by atoms with E-state index in [4.69, 9.17) is 16.3 Å². The van der Waals surface area contributed by atoms with E-state index in [1.54, 1.807) is 25.4 Å². The lowest BCUT2D eigenvalue weighted by Crippen LogP contribution is -2.12. The van der Waals surface area contributed by atoms with Crippen molar-refractivity contribution in [3.8, 4) is 11.4 Å². The van der Waals surface area contributed by atoms with Gasteiger partial charge in [0.1, 0.15) is 6.33 Å². The largest absolute Gasteiger partial charge is 0.463 e. The number of aromatic nitrogens is 3. The number of halogens is 1. The fourth-order valence-corrected chi connectivity index (χ4v) is 1.81. The molecule has 0 aliphatic heterocycles. The van der Waals surface area contributed by atoms with E-state index in [-0.39, 0.29) is 6.54 Å². The van der Waals surface area contributed by atoms with Crippen LogP contribution in [0.1, 0.15) is 6.92 Å². The molecule has 5 nitrogen and oxygen atoms in total. The monoisotopic (exact) mass is 291 g/mol. The Labute approximate surface area is 121 Å². The van der Waals surface area contributed by atoms with E-state index < -0.39 is 5.97 Å². The lowest BCUT2D eigenvalue weighted by molar-refractivity contribution is -0.138. The van der Waals surface area contributed by atoms with Crippen molar-refractivity contribution in [2.75, 3.05) is 6.61 Å². The van der Waals surface area contributed by atoms with Gasteiger partial charge in [0.25, 0.3) is 0 Å². The average Bonchev–Trinajstić information content (AvgIpc) is 2.87. The molecule has 0 amide bonds. The molecule has 0 unspecified atom stereocenters. The zero-order valence-corrected chi connectivity index (χ0v) is 11.8. The number of carbonyl (C=O) groups is 1. The molecule has 0 radical (unpaired) electrons. The van der Waals surface area contributed by atoms with Crippen molar-refractivity contribution in [2.45, 2.75) is 13.5 Å². The van der Waals surface area contributed by atoms with Crippen LogP contribution < -0.4 is 0 Å². The zero-order valence-electron chi connectivity index (χ0n) is 11.0. The van der Waals surface area contributed by atoms with E-state index >= 15 is 0 Å². The van der Waals surface area contributed by atoms with Gasteiger partial charge in [-0.1, -0.05) is 30.3 Å². The van der Waals surface area contributed by atoms with Gasteiger partial charge in [-0.2, -0.15) is 5.10 Å². The van der Waals surface area contributed by atoms with Gasteiger partial charge in [-0.05, 0) is 19.1 Å². The molecule has 6 heteroatoms. The first-order valence-corrected chi connectivity index (χ1v) is 6.48. The molecule has 0 N–H and O–H groups in total. The Morgan fingerprint density at radius 2 is 2.30 bits per heavy atom. The van der Waals surface area contributed by atoms with Gasteiger partial charge < -0.3 is 4.74 Å². The second-order valence-electron chi connectivity index (χ2n) is 4.10. The molecule has 1 aromatic heterocycles. The molecular formula is C14H14ClN3O2. The third-order valence-electron chi connectivity index (χ3n) is 2.54. The smallest absolute Gasteiger partial charge is 0.335 e. The third kappa shape index (κ3) is 3.45. The van der Waals surface area contributed by atoms with E-state index in [9.17, 15) is 4.79 Å². The van der Waals surface area contributed by atoms with Crippen LogP contribution in [0.3, 0.4) is 0 Å². The Kier molecular flexibility index (Phi) is 4.53. The van der Waals surface area contributed by atoms with E-state index in [1.807, 2.05) is 12.1 Å². The minimum Gasteiger partial charge on any atom is -0.463 e. The number of ether oxygens (including phenoxy) is 1. The van der Waals surface area contributed by atoms with Crippen molar-refractivity contribution < 1.29 is 9.53 Å². The van der Waals surface area contributed by atoms with E-state index in [0.29, 0.717) is 23.0 Å². The highest BCUT2D eigenvalue weighted by Crippen LogP contribution is 2.19. The number of nitrogens with zero attached hydrogens (tertiary/aromatic N) is 3. The van der Waals surface area contributed by atoms with Crippen LogP contribution in [0.4, 0.5) is 0 Å². The van der Waals surface area contributed by atoms with Gasteiger partial charge in [0.15, 0.2) is 5.82 Å². The van der Waals surface area contributed by atoms with Crippen LogP contribution >= 0.6 is 11.6 Å². The lowest BCUT2D eigenvalue weighted by atomic mass is 10.2. The lowest BCUT2D eigenvalue weighted by Gasteiger charge is -2.04. The maximum atomic E-state index is 11.5. The highest BCUT2D eigenvalue weighted by molar-refractivity contribution is 6.30. The van der Waals surface area contributed by atoms with Gasteiger partial charge in [0.05, 0.1) is 18.7 Å². The molecule has 0 spiro atoms. The summed E-state index contributed by atoms with van der Waals surface area (Å²) in [5, 5.41) is 4.90. The second kappa shape index (κ2) is 6.34. The van der Waals surface area contributed by atoms with Crippen LogP contribution in [0.5, 0.6) is 0 Å². The number of rotatable bonds is 5. The van der Waals surface area contributed by atoms with Crippen molar-refractivity contribution in [1.82, 2.24) is 14.8 Å². The summed E-state index contributed by atoms with van der Waals surface area (Å²) >= 11 is 5.92. The number of carbonyl (C=O) groups excluding carboxylic acids is 1. The molecule has 0 aliphatic carbocycles. The molecule has 1 heterocycles. The molecule has 0 saturated heterocycles. The minimum atomic E-state index is -0.424. The molecule has 0 saturated carbocycles. The van der Waals surface area contributed by atoms with Crippen molar-refractivity contribution >= 4 is 17.6 Å². The fourth-order valence-electron chi connectivity index (χ4n) is 1.62. The van der Waals surface area contributed by atoms with Crippen LogP contribution in [-0.4, -0.2) is 27.3 Å². The van der Waals surface area contributed by atoms with Crippen molar-refractivity contribution in [3.05, 3.63) is 47.8 Å². The Balaban J connectivity index is 2.10. The van der Waals surface area contributed by atoms with Gasteiger partial charge in [0.2, 0.25) is 0 Å². The molecule has 0 aliphatic rings. The fraction of sp³-hybridized carbons (Fsp3) is 0.214. The standard InChI is InChI=1S/C14H14ClN3O2/c1-3-20-14(19)10(2)8-18-9-16-13(17-18)11-5-4-6-12(15)7-11/h4-7,9H,2-3,8H2,1H3. The summed E-state index contributed by atoms with van der Waals surface area (Å²) in [5.41, 5.74) is 1.15. The summed E-state index contributed by atoms with van der Waals surface area (Å²) in [7, 11) is 0. The molecule has 104 valence electrons. The molecule has 2 aromatic rings. The molecule has 0 atom stereocenters. The minimum absolute atomic E-state index is 0.242. The Morgan fingerprint density at radius 1 is 1.50 bits per heavy atom. The highest BCUT2D eigenvalue weighted by atomic mass is 35.5. The zero-order chi connectivity index (χ0) is 14.5. The first kappa shape index (κ1) is 14.3. The number of hydrogen-bond acceptors (Lipinski definition) is 4. The summed E-state index contributed by atoms with van der Waals surface area (Å²) in [6.45, 7) is 5.99. The molecule has 2 rings (SSSR count). The summed E-state index contributed by atoms with van der Waals surface area (Å²) < 4.78 is 6.40. The normalized spacial score (nSPS) is 10.3. The predicted molar refractivity (Wildman–Crippen MR) is 76.2 cm³/mol. The van der Waals surface area contributed by atoms with E-state index in [2.05, 4.69) is 16.7 Å². The highest BCUT2D eigenvalue weighted by Gasteiger charge is 2.10. The molecule has 0 bridgehead atoms. The molecular weight excluding hydrogens is 278 g/mol. The van der Waals surface area contributed by atoms with Gasteiger partial charge in [-0.15, -0.1) is 0 Å². The second-order valence-corrected chi connectivity index (χ2v) is 4.54. The van der Waals surface area contributed by atoms with E-state index in [0.717, 1.165) is 5.56 Å². The van der Waals surface area contributed by atoms with Gasteiger partial charge in [0, 0.05) is 10.6 Å².